The van der Waals surface area contributed by atoms with Gasteiger partial charge in [-0.05, 0) is 58.7 Å². The summed E-state index contributed by atoms with van der Waals surface area (Å²) in [5, 5.41) is 6.20. The number of anilines is 2. The van der Waals surface area contributed by atoms with E-state index in [1.54, 1.807) is 0 Å². The Bertz CT molecular complexity index is 1510. The van der Waals surface area contributed by atoms with Crippen molar-refractivity contribution in [3.05, 3.63) is 121 Å². The zero-order valence-electron chi connectivity index (χ0n) is 17.5. The number of hydrogen-bond donors (Lipinski definition) is 1. The lowest BCUT2D eigenvalue weighted by Crippen LogP contribution is -1.90. The Labute approximate surface area is 191 Å². The largest absolute Gasteiger partial charge is 0.356 e. The van der Waals surface area contributed by atoms with Gasteiger partial charge in [-0.2, -0.15) is 0 Å². The second-order valence-electron chi connectivity index (χ2n) is 7.95. The van der Waals surface area contributed by atoms with Gasteiger partial charge in [0.15, 0.2) is 0 Å². The first-order valence-electron chi connectivity index (χ1n) is 10.8. The van der Waals surface area contributed by atoms with Crippen molar-refractivity contribution in [2.24, 2.45) is 0 Å². The number of rotatable bonds is 4. The van der Waals surface area contributed by atoms with Gasteiger partial charge >= 0.3 is 0 Å². The van der Waals surface area contributed by atoms with Gasteiger partial charge in [-0.25, -0.2) is 0 Å². The van der Waals surface area contributed by atoms with Gasteiger partial charge in [0, 0.05) is 31.5 Å². The van der Waals surface area contributed by atoms with Crippen molar-refractivity contribution in [3.63, 3.8) is 0 Å². The molecule has 152 valence electrons. The van der Waals surface area contributed by atoms with Crippen LogP contribution in [0.2, 0.25) is 0 Å². The van der Waals surface area contributed by atoms with Gasteiger partial charge in [0.2, 0.25) is 0 Å². The van der Waals surface area contributed by atoms with Crippen molar-refractivity contribution >= 4 is 42.9 Å². The van der Waals surface area contributed by atoms with Crippen molar-refractivity contribution < 1.29 is 0 Å². The summed E-state index contributed by atoms with van der Waals surface area (Å²) < 4.78 is 2.66. The molecule has 0 bridgehead atoms. The Morgan fingerprint density at radius 1 is 0.406 bits per heavy atom. The fourth-order valence-electron chi connectivity index (χ4n) is 4.20. The Morgan fingerprint density at radius 2 is 0.938 bits per heavy atom. The van der Waals surface area contributed by atoms with Crippen LogP contribution >= 0.6 is 11.3 Å². The molecular formula is C30H21NS. The van der Waals surface area contributed by atoms with Gasteiger partial charge in [0.1, 0.15) is 0 Å². The molecule has 6 aromatic rings. The molecule has 0 atom stereocenters. The zero-order chi connectivity index (χ0) is 21.3. The van der Waals surface area contributed by atoms with E-state index in [-0.39, 0.29) is 0 Å². The lowest BCUT2D eigenvalue weighted by molar-refractivity contribution is 1.55. The molecule has 0 fully saturated rings. The summed E-state index contributed by atoms with van der Waals surface area (Å²) in [5.74, 6) is 0. The van der Waals surface area contributed by atoms with E-state index in [4.69, 9.17) is 0 Å². The molecule has 0 aliphatic heterocycles. The van der Waals surface area contributed by atoms with Crippen LogP contribution in [0.4, 0.5) is 11.4 Å². The monoisotopic (exact) mass is 427 g/mol. The maximum atomic E-state index is 3.56. The van der Waals surface area contributed by atoms with Crippen LogP contribution < -0.4 is 5.32 Å². The molecule has 0 amide bonds. The lowest BCUT2D eigenvalue weighted by Gasteiger charge is -2.09. The van der Waals surface area contributed by atoms with E-state index in [1.165, 1.54) is 42.4 Å². The quantitative estimate of drug-likeness (QED) is 0.296. The normalized spacial score (nSPS) is 11.1. The Morgan fingerprint density at radius 3 is 1.66 bits per heavy atom. The first-order chi connectivity index (χ1) is 15.8. The number of nitrogens with one attached hydrogen (secondary N) is 1. The second-order valence-corrected chi connectivity index (χ2v) is 9.04. The molecule has 0 saturated carbocycles. The van der Waals surface area contributed by atoms with Crippen molar-refractivity contribution in [2.45, 2.75) is 0 Å². The predicted molar refractivity (Wildman–Crippen MR) is 140 cm³/mol. The third-order valence-corrected chi connectivity index (χ3v) is 7.03. The topological polar surface area (TPSA) is 12.0 Å². The summed E-state index contributed by atoms with van der Waals surface area (Å²) in [6.45, 7) is 0. The molecule has 0 spiro atoms. The first kappa shape index (κ1) is 18.9. The molecule has 5 aromatic carbocycles. The molecule has 1 N–H and O–H groups in total. The summed E-state index contributed by atoms with van der Waals surface area (Å²) in [6, 6.07) is 43.2. The van der Waals surface area contributed by atoms with Gasteiger partial charge < -0.3 is 5.32 Å². The van der Waals surface area contributed by atoms with Crippen molar-refractivity contribution in [1.82, 2.24) is 0 Å². The summed E-state index contributed by atoms with van der Waals surface area (Å²) in [5.41, 5.74) is 7.13. The fourth-order valence-corrected chi connectivity index (χ4v) is 5.29. The smallest absolute Gasteiger partial charge is 0.0391 e. The van der Waals surface area contributed by atoms with Gasteiger partial charge in [-0.3, -0.25) is 0 Å². The molecule has 0 aliphatic carbocycles. The number of benzene rings is 5. The van der Waals surface area contributed by atoms with Crippen LogP contribution in [-0.4, -0.2) is 0 Å². The van der Waals surface area contributed by atoms with E-state index in [1.807, 2.05) is 17.4 Å². The highest BCUT2D eigenvalue weighted by Crippen LogP contribution is 2.36. The molecule has 0 saturated heterocycles. The second kappa shape index (κ2) is 7.99. The number of fused-ring (bicyclic) bond motifs is 3. The standard InChI is InChI=1S/C30H21NS/c1-2-6-21(7-3-1)22-10-12-23(13-11-22)24-14-16-25(17-15-24)31-26-18-19-30-28(20-26)27-8-4-5-9-29(27)32-30/h1-20,31H. The average molecular weight is 428 g/mol. The predicted octanol–water partition coefficient (Wildman–Crippen LogP) is 9.13. The molecule has 1 nitrogen and oxygen atoms in total. The summed E-state index contributed by atoms with van der Waals surface area (Å²) in [7, 11) is 0. The highest BCUT2D eigenvalue weighted by atomic mass is 32.1. The number of thiophene rings is 1. The summed E-state index contributed by atoms with van der Waals surface area (Å²) in [4.78, 5) is 0. The van der Waals surface area contributed by atoms with E-state index < -0.39 is 0 Å². The van der Waals surface area contributed by atoms with E-state index >= 15 is 0 Å². The molecule has 1 aromatic heterocycles. The van der Waals surface area contributed by atoms with Crippen LogP contribution in [0.3, 0.4) is 0 Å². The first-order valence-corrected chi connectivity index (χ1v) is 11.6. The molecule has 32 heavy (non-hydrogen) atoms. The van der Waals surface area contributed by atoms with Crippen LogP contribution in [0.15, 0.2) is 121 Å². The minimum atomic E-state index is 1.09. The van der Waals surface area contributed by atoms with Gasteiger partial charge in [-0.15, -0.1) is 11.3 Å². The van der Waals surface area contributed by atoms with E-state index in [9.17, 15) is 0 Å². The minimum Gasteiger partial charge on any atom is -0.356 e. The Hall–Kier alpha value is -3.88. The van der Waals surface area contributed by atoms with Crippen LogP contribution in [0.1, 0.15) is 0 Å². The van der Waals surface area contributed by atoms with Crippen molar-refractivity contribution in [2.75, 3.05) is 5.32 Å². The van der Waals surface area contributed by atoms with Gasteiger partial charge in [0.25, 0.3) is 0 Å². The van der Waals surface area contributed by atoms with Crippen molar-refractivity contribution in [3.8, 4) is 22.3 Å². The van der Waals surface area contributed by atoms with E-state index in [0.29, 0.717) is 0 Å². The number of hydrogen-bond acceptors (Lipinski definition) is 2. The van der Waals surface area contributed by atoms with Crippen LogP contribution in [0.25, 0.3) is 42.4 Å². The average Bonchev–Trinajstić information content (AvgIpc) is 3.23. The zero-order valence-corrected chi connectivity index (χ0v) is 18.3. The van der Waals surface area contributed by atoms with Gasteiger partial charge in [-0.1, -0.05) is 84.9 Å². The van der Waals surface area contributed by atoms with Crippen LogP contribution in [0, 0.1) is 0 Å². The SMILES string of the molecule is c1ccc(-c2ccc(-c3ccc(Nc4ccc5sc6ccccc6c5c4)cc3)cc2)cc1. The maximum Gasteiger partial charge on any atom is 0.0391 e. The van der Waals surface area contributed by atoms with Crippen LogP contribution in [-0.2, 0) is 0 Å². The highest BCUT2D eigenvalue weighted by Gasteiger charge is 2.06. The fraction of sp³-hybridized carbons (Fsp3) is 0. The molecule has 0 radical (unpaired) electrons. The van der Waals surface area contributed by atoms with Crippen LogP contribution in [0.5, 0.6) is 0 Å². The highest BCUT2D eigenvalue weighted by molar-refractivity contribution is 7.25. The lowest BCUT2D eigenvalue weighted by atomic mass is 10.0. The summed E-state index contributed by atoms with van der Waals surface area (Å²) in [6.07, 6.45) is 0. The molecule has 2 heteroatoms. The molecule has 0 unspecified atom stereocenters. The molecular weight excluding hydrogens is 406 g/mol. The van der Waals surface area contributed by atoms with E-state index in [2.05, 4.69) is 121 Å². The third kappa shape index (κ3) is 3.55. The summed E-state index contributed by atoms with van der Waals surface area (Å²) >= 11 is 1.85. The molecule has 0 aliphatic rings. The Kier molecular flexibility index (Phi) is 4.71. The third-order valence-electron chi connectivity index (χ3n) is 5.88. The minimum absolute atomic E-state index is 1.09. The maximum absolute atomic E-state index is 3.56. The molecule has 6 rings (SSSR count). The Balaban J connectivity index is 1.23. The molecule has 1 heterocycles. The van der Waals surface area contributed by atoms with Gasteiger partial charge in [0.05, 0.1) is 0 Å². The van der Waals surface area contributed by atoms with Crippen molar-refractivity contribution in [1.29, 1.82) is 0 Å². The van der Waals surface area contributed by atoms with E-state index in [0.717, 1.165) is 11.4 Å².